The van der Waals surface area contributed by atoms with Crippen molar-refractivity contribution in [3.63, 3.8) is 0 Å². The zero-order valence-electron chi connectivity index (χ0n) is 22.2. The normalized spacial score (nSPS) is 14.2. The molecule has 0 spiro atoms. The Bertz CT molecular complexity index is 1200. The first-order valence-corrected chi connectivity index (χ1v) is 13.3. The van der Waals surface area contributed by atoms with Crippen LogP contribution in [0.2, 0.25) is 0 Å². The smallest absolute Gasteiger partial charge is 0.261 e. The van der Waals surface area contributed by atoms with Crippen LogP contribution in [0.15, 0.2) is 72.8 Å². The van der Waals surface area contributed by atoms with Crippen molar-refractivity contribution in [2.75, 3.05) is 6.61 Å². The number of benzene rings is 3. The lowest BCUT2D eigenvalue weighted by atomic mass is 10.0. The molecule has 1 atom stereocenters. The molecule has 0 bridgehead atoms. The summed E-state index contributed by atoms with van der Waals surface area (Å²) in [5.74, 6) is 0.396. The Morgan fingerprint density at radius 3 is 2.35 bits per heavy atom. The van der Waals surface area contributed by atoms with Gasteiger partial charge in [-0.25, -0.2) is 0 Å². The van der Waals surface area contributed by atoms with Crippen molar-refractivity contribution in [1.29, 1.82) is 0 Å². The summed E-state index contributed by atoms with van der Waals surface area (Å²) >= 11 is 0. The van der Waals surface area contributed by atoms with E-state index in [1.54, 1.807) is 4.90 Å². The first-order chi connectivity index (χ1) is 17.9. The minimum atomic E-state index is -0.641. The fraction of sp³-hybridized carbons (Fsp3) is 0.375. The van der Waals surface area contributed by atoms with Crippen LogP contribution in [0.25, 0.3) is 0 Å². The number of amides is 2. The molecule has 1 N–H and O–H groups in total. The number of hydrogen-bond acceptors (Lipinski definition) is 3. The molecular formula is C32H38N2O3. The van der Waals surface area contributed by atoms with Crippen molar-refractivity contribution in [2.24, 2.45) is 0 Å². The Morgan fingerprint density at radius 2 is 1.62 bits per heavy atom. The van der Waals surface area contributed by atoms with Gasteiger partial charge < -0.3 is 15.0 Å². The minimum Gasteiger partial charge on any atom is -0.483 e. The van der Waals surface area contributed by atoms with E-state index >= 15 is 0 Å². The molecule has 37 heavy (non-hydrogen) atoms. The molecule has 0 aromatic heterocycles. The van der Waals surface area contributed by atoms with Crippen LogP contribution < -0.4 is 10.1 Å². The van der Waals surface area contributed by atoms with Crippen LogP contribution in [0.5, 0.6) is 5.75 Å². The molecule has 0 aliphatic heterocycles. The molecule has 1 saturated carbocycles. The molecule has 1 aliphatic carbocycles. The van der Waals surface area contributed by atoms with Gasteiger partial charge in [-0.1, -0.05) is 85.1 Å². The van der Waals surface area contributed by atoms with E-state index in [-0.39, 0.29) is 24.5 Å². The summed E-state index contributed by atoms with van der Waals surface area (Å²) in [5, 5.41) is 3.25. The summed E-state index contributed by atoms with van der Waals surface area (Å²) in [6.45, 7) is 6.27. The van der Waals surface area contributed by atoms with Gasteiger partial charge >= 0.3 is 0 Å². The molecule has 5 heteroatoms. The van der Waals surface area contributed by atoms with Crippen LogP contribution in [0.4, 0.5) is 0 Å². The first-order valence-electron chi connectivity index (χ1n) is 13.3. The topological polar surface area (TPSA) is 58.6 Å². The molecule has 5 nitrogen and oxygen atoms in total. The summed E-state index contributed by atoms with van der Waals surface area (Å²) in [6.07, 6.45) is 4.69. The Hall–Kier alpha value is -3.60. The number of nitrogens with one attached hydrogen (secondary N) is 1. The third kappa shape index (κ3) is 7.22. The molecule has 0 unspecified atom stereocenters. The van der Waals surface area contributed by atoms with Gasteiger partial charge in [-0.15, -0.1) is 0 Å². The third-order valence-electron chi connectivity index (χ3n) is 7.31. The monoisotopic (exact) mass is 498 g/mol. The molecule has 194 valence electrons. The van der Waals surface area contributed by atoms with Crippen LogP contribution in [0, 0.1) is 20.8 Å². The van der Waals surface area contributed by atoms with Gasteiger partial charge in [0.2, 0.25) is 5.91 Å². The van der Waals surface area contributed by atoms with E-state index in [1.807, 2.05) is 87.5 Å². The number of aryl methyl sites for hydroxylation is 2. The van der Waals surface area contributed by atoms with Crippen molar-refractivity contribution < 1.29 is 14.3 Å². The van der Waals surface area contributed by atoms with Crippen LogP contribution in [-0.4, -0.2) is 35.4 Å². The molecule has 3 aromatic carbocycles. The lowest BCUT2D eigenvalue weighted by Crippen LogP contribution is -2.53. The summed E-state index contributed by atoms with van der Waals surface area (Å²) in [5.41, 5.74) is 5.25. The SMILES string of the molecule is Cc1cccc(CN(C(=O)COc2cccc(C)c2C)[C@H](Cc2ccccc2)C(=O)NC2CCCC2)c1. The van der Waals surface area contributed by atoms with Gasteiger partial charge in [-0.3, -0.25) is 9.59 Å². The average Bonchev–Trinajstić information content (AvgIpc) is 3.40. The number of ether oxygens (including phenoxy) is 1. The Balaban J connectivity index is 1.62. The molecule has 1 aliphatic rings. The van der Waals surface area contributed by atoms with E-state index < -0.39 is 6.04 Å². The van der Waals surface area contributed by atoms with Crippen LogP contribution in [-0.2, 0) is 22.6 Å². The van der Waals surface area contributed by atoms with E-state index in [0.29, 0.717) is 18.7 Å². The highest BCUT2D eigenvalue weighted by molar-refractivity contribution is 5.88. The number of rotatable bonds is 10. The van der Waals surface area contributed by atoms with E-state index in [1.165, 1.54) is 0 Å². The van der Waals surface area contributed by atoms with Crippen molar-refractivity contribution in [2.45, 2.75) is 71.5 Å². The maximum absolute atomic E-state index is 13.8. The summed E-state index contributed by atoms with van der Waals surface area (Å²) in [4.78, 5) is 29.2. The van der Waals surface area contributed by atoms with E-state index in [4.69, 9.17) is 4.74 Å². The number of carbonyl (C=O) groups excluding carboxylic acids is 2. The number of hydrogen-bond donors (Lipinski definition) is 1. The molecule has 0 heterocycles. The fourth-order valence-corrected chi connectivity index (χ4v) is 5.03. The van der Waals surface area contributed by atoms with Crippen molar-refractivity contribution in [3.8, 4) is 5.75 Å². The Kier molecular flexibility index (Phi) is 8.99. The lowest BCUT2D eigenvalue weighted by Gasteiger charge is -2.32. The molecule has 1 fully saturated rings. The fourth-order valence-electron chi connectivity index (χ4n) is 5.03. The average molecular weight is 499 g/mol. The highest BCUT2D eigenvalue weighted by Gasteiger charge is 2.32. The Labute approximate surface area is 220 Å². The highest BCUT2D eigenvalue weighted by Crippen LogP contribution is 2.22. The van der Waals surface area contributed by atoms with Crippen LogP contribution in [0.3, 0.4) is 0 Å². The second-order valence-electron chi connectivity index (χ2n) is 10.2. The zero-order chi connectivity index (χ0) is 26.2. The van der Waals surface area contributed by atoms with E-state index in [0.717, 1.165) is 53.5 Å². The molecule has 0 radical (unpaired) electrons. The first kappa shape index (κ1) is 26.5. The standard InChI is InChI=1S/C32H38N2O3/c1-23-11-9-15-27(19-23)21-34(31(35)22-37-30-18-10-12-24(2)25(30)3)29(20-26-13-5-4-6-14-26)32(36)33-28-16-7-8-17-28/h4-6,9-15,18-19,28-29H,7-8,16-17,20-22H2,1-3H3,(H,33,36)/t29-/m1/s1. The minimum absolute atomic E-state index is 0.0940. The lowest BCUT2D eigenvalue weighted by molar-refractivity contribution is -0.143. The highest BCUT2D eigenvalue weighted by atomic mass is 16.5. The van der Waals surface area contributed by atoms with Gasteiger partial charge in [0.05, 0.1) is 0 Å². The second-order valence-corrected chi connectivity index (χ2v) is 10.2. The van der Waals surface area contributed by atoms with E-state index in [2.05, 4.69) is 11.4 Å². The van der Waals surface area contributed by atoms with Crippen molar-refractivity contribution >= 4 is 11.8 Å². The summed E-state index contributed by atoms with van der Waals surface area (Å²) in [6, 6.07) is 23.4. The number of carbonyl (C=O) groups is 2. The maximum Gasteiger partial charge on any atom is 0.261 e. The zero-order valence-corrected chi connectivity index (χ0v) is 22.2. The van der Waals surface area contributed by atoms with Gasteiger partial charge in [0.15, 0.2) is 6.61 Å². The van der Waals surface area contributed by atoms with Gasteiger partial charge in [-0.05, 0) is 61.9 Å². The maximum atomic E-state index is 13.8. The molecule has 3 aromatic rings. The summed E-state index contributed by atoms with van der Waals surface area (Å²) < 4.78 is 6.01. The van der Waals surface area contributed by atoms with Crippen molar-refractivity contribution in [3.05, 3.63) is 101 Å². The Morgan fingerprint density at radius 1 is 0.919 bits per heavy atom. The molecular weight excluding hydrogens is 460 g/mol. The largest absolute Gasteiger partial charge is 0.483 e. The van der Waals surface area contributed by atoms with Crippen molar-refractivity contribution in [1.82, 2.24) is 10.2 Å². The third-order valence-corrected chi connectivity index (χ3v) is 7.31. The van der Waals surface area contributed by atoms with E-state index in [9.17, 15) is 9.59 Å². The number of nitrogens with zero attached hydrogens (tertiary/aromatic N) is 1. The molecule has 2 amide bonds. The molecule has 4 rings (SSSR count). The summed E-state index contributed by atoms with van der Waals surface area (Å²) in [7, 11) is 0. The predicted octanol–water partition coefficient (Wildman–Crippen LogP) is 5.69. The van der Waals surface area contributed by atoms with Gasteiger partial charge in [0.1, 0.15) is 11.8 Å². The van der Waals surface area contributed by atoms with Gasteiger partial charge in [0.25, 0.3) is 5.91 Å². The quantitative estimate of drug-likeness (QED) is 0.391. The van der Waals surface area contributed by atoms with Gasteiger partial charge in [0, 0.05) is 19.0 Å². The van der Waals surface area contributed by atoms with Crippen LogP contribution >= 0.6 is 0 Å². The second kappa shape index (κ2) is 12.6. The van der Waals surface area contributed by atoms with Gasteiger partial charge in [-0.2, -0.15) is 0 Å². The van der Waals surface area contributed by atoms with Crippen LogP contribution in [0.1, 0.15) is 53.5 Å². The molecule has 0 saturated heterocycles. The predicted molar refractivity (Wildman–Crippen MR) is 147 cm³/mol.